The van der Waals surface area contributed by atoms with E-state index in [4.69, 9.17) is 0 Å². The molecular formula is C13H17BN2O8. The first-order valence-electron chi connectivity index (χ1n) is 7.34. The van der Waals surface area contributed by atoms with E-state index in [2.05, 4.69) is 61.0 Å². The molecule has 0 aromatic carbocycles. The number of aromatic nitrogens is 2. The molecule has 0 N–H and O–H groups in total. The normalized spacial score (nSPS) is 17.8. The van der Waals surface area contributed by atoms with Crippen LogP contribution in [0.1, 0.15) is 25.6 Å². The van der Waals surface area contributed by atoms with Gasteiger partial charge in [-0.25, -0.2) is 28.3 Å². The van der Waals surface area contributed by atoms with Crippen LogP contribution in [0.5, 0.6) is 0 Å². The molecule has 11 heteroatoms. The Morgan fingerprint density at radius 1 is 1.00 bits per heavy atom. The maximum absolute atomic E-state index is 10.5. The van der Waals surface area contributed by atoms with Gasteiger partial charge in [0.05, 0.1) is 13.6 Å². The first kappa shape index (κ1) is 17.5. The van der Waals surface area contributed by atoms with Gasteiger partial charge in [0.15, 0.2) is 0 Å². The molecular weight excluding hydrogens is 323 g/mol. The van der Waals surface area contributed by atoms with Crippen LogP contribution in [0.3, 0.4) is 0 Å². The van der Waals surface area contributed by atoms with Crippen molar-refractivity contribution in [3.05, 3.63) is 18.2 Å². The van der Waals surface area contributed by atoms with Crippen LogP contribution in [0.15, 0.2) is 12.4 Å². The van der Waals surface area contributed by atoms with Crippen molar-refractivity contribution in [1.29, 1.82) is 0 Å². The first-order chi connectivity index (χ1) is 11.3. The van der Waals surface area contributed by atoms with Crippen molar-refractivity contribution in [2.45, 2.75) is 33.2 Å². The lowest BCUT2D eigenvalue weighted by molar-refractivity contribution is -0.677. The fraction of sp³-hybridized carbons (Fsp3) is 0.462. The monoisotopic (exact) mass is 340 g/mol. The summed E-state index contributed by atoms with van der Waals surface area (Å²) in [6.45, 7) is 2.23. The van der Waals surface area contributed by atoms with Crippen molar-refractivity contribution >= 4 is 30.8 Å². The molecule has 0 saturated carbocycles. The molecule has 0 bridgehead atoms. The maximum Gasteiger partial charge on any atom is 0.786 e. The molecule has 130 valence electrons. The second kappa shape index (κ2) is 6.73. The maximum atomic E-state index is 10.5. The number of unbranched alkanes of at least 4 members (excludes halogenated alkanes) is 1. The fourth-order valence-corrected chi connectivity index (χ4v) is 2.02. The van der Waals surface area contributed by atoms with Crippen molar-refractivity contribution < 1.29 is 42.4 Å². The molecule has 1 aromatic heterocycles. The Labute approximate surface area is 137 Å². The summed E-state index contributed by atoms with van der Waals surface area (Å²) >= 11 is 0. The summed E-state index contributed by atoms with van der Waals surface area (Å²) in [7, 11) is 2.08. The molecule has 24 heavy (non-hydrogen) atoms. The van der Waals surface area contributed by atoms with Crippen LogP contribution in [0, 0.1) is 6.92 Å². The molecule has 2 aliphatic heterocycles. The van der Waals surface area contributed by atoms with Crippen molar-refractivity contribution in [2.75, 3.05) is 0 Å². The number of aryl methyl sites for hydroxylation is 2. The molecule has 0 amide bonds. The zero-order valence-corrected chi connectivity index (χ0v) is 13.5. The van der Waals surface area contributed by atoms with Gasteiger partial charge < -0.3 is 18.6 Å². The highest BCUT2D eigenvalue weighted by Gasteiger charge is 2.60. The smallest absolute Gasteiger partial charge is 0.576 e. The van der Waals surface area contributed by atoms with Gasteiger partial charge in [-0.15, -0.1) is 0 Å². The summed E-state index contributed by atoms with van der Waals surface area (Å²) in [6.07, 6.45) is 6.78. The predicted molar refractivity (Wildman–Crippen MR) is 75.4 cm³/mol. The first-order valence-corrected chi connectivity index (χ1v) is 7.34. The van der Waals surface area contributed by atoms with Crippen LogP contribution >= 0.6 is 0 Å². The average Bonchev–Trinajstić information content (AvgIpc) is 3.08. The van der Waals surface area contributed by atoms with Gasteiger partial charge in [0.1, 0.15) is 12.4 Å². The summed E-state index contributed by atoms with van der Waals surface area (Å²) in [5, 5.41) is 0. The van der Waals surface area contributed by atoms with Gasteiger partial charge in [0, 0.05) is 6.92 Å². The lowest BCUT2D eigenvalue weighted by Gasteiger charge is -2.21. The van der Waals surface area contributed by atoms with Gasteiger partial charge in [0.25, 0.3) is 5.82 Å². The minimum Gasteiger partial charge on any atom is -0.576 e. The van der Waals surface area contributed by atoms with Crippen LogP contribution in [-0.2, 0) is 51.4 Å². The Balaban J connectivity index is 0.000000177. The molecule has 0 aliphatic carbocycles. The minimum atomic E-state index is -3.30. The van der Waals surface area contributed by atoms with E-state index < -0.39 is 30.8 Å². The molecule has 2 saturated heterocycles. The standard InChI is InChI=1S/C9H17N2.C4BO8/c1-4-5-6-11-8-7-10(3)9(11)2;6-1-2(7)11-5(10-1)12-3(8)4(9)13-5/h7-8H,4-6H2,1-3H3;/q+1;-1. The second-order valence-electron chi connectivity index (χ2n) is 5.20. The number of hydrogen-bond donors (Lipinski definition) is 0. The molecule has 2 aliphatic rings. The van der Waals surface area contributed by atoms with E-state index in [1.54, 1.807) is 0 Å². The third-order valence-corrected chi connectivity index (χ3v) is 3.49. The quantitative estimate of drug-likeness (QED) is 0.393. The highest BCUT2D eigenvalue weighted by atomic mass is 17.0. The van der Waals surface area contributed by atoms with Gasteiger partial charge in [-0.05, 0) is 6.42 Å². The molecule has 0 unspecified atom stereocenters. The summed E-state index contributed by atoms with van der Waals surface area (Å²) in [6, 6.07) is 0. The lowest BCUT2D eigenvalue weighted by Crippen LogP contribution is -2.40. The van der Waals surface area contributed by atoms with Crippen LogP contribution in [0.25, 0.3) is 0 Å². The molecule has 0 atom stereocenters. The van der Waals surface area contributed by atoms with E-state index in [1.807, 2.05) is 0 Å². The second-order valence-corrected chi connectivity index (χ2v) is 5.20. The third kappa shape index (κ3) is 3.55. The van der Waals surface area contributed by atoms with E-state index in [0.717, 1.165) is 6.54 Å². The van der Waals surface area contributed by atoms with Crippen LogP contribution < -0.4 is 4.57 Å². The average molecular weight is 340 g/mol. The Morgan fingerprint density at radius 3 is 1.79 bits per heavy atom. The molecule has 0 radical (unpaired) electrons. The number of carbonyl (C=O) groups excluding carboxylic acids is 4. The van der Waals surface area contributed by atoms with Crippen LogP contribution in [0.4, 0.5) is 0 Å². The lowest BCUT2D eigenvalue weighted by atomic mass is 10.1. The Bertz CT molecular complexity index is 629. The van der Waals surface area contributed by atoms with Gasteiger partial charge in [-0.2, -0.15) is 0 Å². The summed E-state index contributed by atoms with van der Waals surface area (Å²) in [4.78, 5) is 41.9. The van der Waals surface area contributed by atoms with Crippen LogP contribution in [-0.4, -0.2) is 35.4 Å². The summed E-state index contributed by atoms with van der Waals surface area (Å²) < 4.78 is 21.0. The Kier molecular flexibility index (Phi) is 4.91. The van der Waals surface area contributed by atoms with E-state index in [-0.39, 0.29) is 0 Å². The fourth-order valence-electron chi connectivity index (χ4n) is 2.02. The largest absolute Gasteiger partial charge is 0.786 e. The molecule has 3 heterocycles. The SMILES string of the molecule is CCCCn1cc[n+](C)c1C.O=C1O[B-]2(OC1=O)OC(=O)C(=O)O2. The van der Waals surface area contributed by atoms with Crippen LogP contribution in [0.2, 0.25) is 0 Å². The summed E-state index contributed by atoms with van der Waals surface area (Å²) in [5.41, 5.74) is 0. The highest BCUT2D eigenvalue weighted by molar-refractivity contribution is 6.73. The molecule has 1 spiro atoms. The molecule has 2 fully saturated rings. The highest BCUT2D eigenvalue weighted by Crippen LogP contribution is 2.24. The van der Waals surface area contributed by atoms with E-state index >= 15 is 0 Å². The van der Waals surface area contributed by atoms with Crippen molar-refractivity contribution in [1.82, 2.24) is 4.57 Å². The number of carbonyl (C=O) groups is 4. The number of nitrogens with zero attached hydrogens (tertiary/aromatic N) is 2. The van der Waals surface area contributed by atoms with E-state index in [0.29, 0.717) is 0 Å². The predicted octanol–water partition coefficient (Wildman–Crippen LogP) is -0.957. The zero-order chi connectivity index (χ0) is 17.9. The van der Waals surface area contributed by atoms with Gasteiger partial charge in [0.2, 0.25) is 0 Å². The molecule has 1 aromatic rings. The Hall–Kier alpha value is -2.85. The zero-order valence-electron chi connectivity index (χ0n) is 13.5. The van der Waals surface area contributed by atoms with E-state index in [9.17, 15) is 19.2 Å². The van der Waals surface area contributed by atoms with Crippen molar-refractivity contribution in [2.24, 2.45) is 7.05 Å². The minimum absolute atomic E-state index is 1.16. The topological polar surface area (TPSA) is 114 Å². The van der Waals surface area contributed by atoms with Gasteiger partial charge in [-0.1, -0.05) is 13.3 Å². The van der Waals surface area contributed by atoms with Crippen molar-refractivity contribution in [3.8, 4) is 0 Å². The van der Waals surface area contributed by atoms with E-state index in [1.165, 1.54) is 18.7 Å². The van der Waals surface area contributed by atoms with Gasteiger partial charge in [-0.3, -0.25) is 0 Å². The molecule has 3 rings (SSSR count). The Morgan fingerprint density at radius 2 is 1.46 bits per heavy atom. The number of imidazole rings is 1. The van der Waals surface area contributed by atoms with Crippen molar-refractivity contribution in [3.63, 3.8) is 0 Å². The summed E-state index contributed by atoms with van der Waals surface area (Å²) in [5.74, 6) is -4.16. The van der Waals surface area contributed by atoms with Gasteiger partial charge >= 0.3 is 30.8 Å². The third-order valence-electron chi connectivity index (χ3n) is 3.49. The number of hydrogen-bond acceptors (Lipinski definition) is 8. The molecule has 10 nitrogen and oxygen atoms in total. The number of rotatable bonds is 3.